The van der Waals surface area contributed by atoms with Crippen molar-refractivity contribution in [3.63, 3.8) is 0 Å². The molecule has 0 aromatic heterocycles. The summed E-state index contributed by atoms with van der Waals surface area (Å²) in [6.07, 6.45) is 0. The summed E-state index contributed by atoms with van der Waals surface area (Å²) in [6.45, 7) is 7.01. The zero-order valence-corrected chi connectivity index (χ0v) is 16.9. The van der Waals surface area contributed by atoms with Gasteiger partial charge in [-0.25, -0.2) is 4.79 Å². The monoisotopic (exact) mass is 400 g/mol. The second-order valence-electron chi connectivity index (χ2n) is 6.20. The average Bonchev–Trinajstić information content (AvgIpc) is 2.67. The standard InChI is InChI=1S/C21H24N2O6/c1-5-26-17-8-7-14(9-15(17)11-28-13(4)24)19-16(10-22)20(23)29-12(3)18(19)21(25)27-6-2/h7-9,19H,5-6,11,23H2,1-4H3. The Bertz CT molecular complexity index is 910. The van der Waals surface area contributed by atoms with Crippen LogP contribution < -0.4 is 10.5 Å². The molecular weight excluding hydrogens is 376 g/mol. The van der Waals surface area contributed by atoms with Crippen LogP contribution >= 0.6 is 0 Å². The van der Waals surface area contributed by atoms with Gasteiger partial charge in [0.2, 0.25) is 5.88 Å². The fourth-order valence-corrected chi connectivity index (χ4v) is 3.06. The van der Waals surface area contributed by atoms with Crippen LogP contribution in [-0.2, 0) is 30.4 Å². The van der Waals surface area contributed by atoms with E-state index in [4.69, 9.17) is 24.7 Å². The lowest BCUT2D eigenvalue weighted by atomic mass is 9.82. The van der Waals surface area contributed by atoms with E-state index in [-0.39, 0.29) is 36.0 Å². The molecule has 8 heteroatoms. The maximum absolute atomic E-state index is 12.6. The van der Waals surface area contributed by atoms with E-state index < -0.39 is 17.9 Å². The predicted molar refractivity (Wildman–Crippen MR) is 103 cm³/mol. The predicted octanol–water partition coefficient (Wildman–Crippen LogP) is 2.79. The van der Waals surface area contributed by atoms with E-state index in [0.717, 1.165) is 0 Å². The lowest BCUT2D eigenvalue weighted by molar-refractivity contribution is -0.142. The number of ether oxygens (including phenoxy) is 4. The van der Waals surface area contributed by atoms with E-state index in [1.165, 1.54) is 6.92 Å². The van der Waals surface area contributed by atoms with Crippen molar-refractivity contribution in [3.8, 4) is 11.8 Å². The molecule has 0 radical (unpaired) electrons. The first kappa shape index (κ1) is 21.8. The molecule has 1 unspecified atom stereocenters. The lowest BCUT2D eigenvalue weighted by Gasteiger charge is -2.27. The Labute approximate surface area is 169 Å². The van der Waals surface area contributed by atoms with Crippen molar-refractivity contribution in [1.82, 2.24) is 0 Å². The van der Waals surface area contributed by atoms with Crippen LogP contribution in [0.1, 0.15) is 44.7 Å². The Morgan fingerprint density at radius 2 is 1.97 bits per heavy atom. The molecule has 1 aliphatic heterocycles. The minimum atomic E-state index is -0.778. The van der Waals surface area contributed by atoms with Crippen LogP contribution in [0.3, 0.4) is 0 Å². The maximum atomic E-state index is 12.6. The highest BCUT2D eigenvalue weighted by molar-refractivity contribution is 5.92. The number of carbonyl (C=O) groups excluding carboxylic acids is 2. The molecule has 8 nitrogen and oxygen atoms in total. The Balaban J connectivity index is 2.60. The fourth-order valence-electron chi connectivity index (χ4n) is 3.06. The second-order valence-corrected chi connectivity index (χ2v) is 6.20. The van der Waals surface area contributed by atoms with Gasteiger partial charge in [0.25, 0.3) is 0 Å². The highest BCUT2D eigenvalue weighted by atomic mass is 16.5. The normalized spacial score (nSPS) is 16.0. The fraction of sp³-hybridized carbons (Fsp3) is 0.381. The number of nitrogens with zero attached hydrogens (tertiary/aromatic N) is 1. The molecule has 1 aromatic rings. The van der Waals surface area contributed by atoms with Crippen molar-refractivity contribution >= 4 is 11.9 Å². The number of allylic oxidation sites excluding steroid dienone is 2. The third kappa shape index (κ3) is 4.88. The van der Waals surface area contributed by atoms with E-state index >= 15 is 0 Å². The molecule has 0 saturated heterocycles. The molecule has 2 N–H and O–H groups in total. The van der Waals surface area contributed by atoms with E-state index in [9.17, 15) is 14.9 Å². The quantitative estimate of drug-likeness (QED) is 0.694. The van der Waals surface area contributed by atoms with E-state index in [1.807, 2.05) is 13.0 Å². The molecule has 0 spiro atoms. The number of hydrogen-bond donors (Lipinski definition) is 1. The zero-order chi connectivity index (χ0) is 21.6. The van der Waals surface area contributed by atoms with Gasteiger partial charge in [0, 0.05) is 12.5 Å². The molecule has 1 aromatic carbocycles. The highest BCUT2D eigenvalue weighted by Gasteiger charge is 2.36. The van der Waals surface area contributed by atoms with E-state index in [2.05, 4.69) is 0 Å². The Morgan fingerprint density at radius 1 is 1.24 bits per heavy atom. The van der Waals surface area contributed by atoms with Crippen molar-refractivity contribution < 1.29 is 28.5 Å². The molecule has 29 heavy (non-hydrogen) atoms. The third-order valence-corrected chi connectivity index (χ3v) is 4.25. The molecular formula is C21H24N2O6. The molecule has 1 atom stereocenters. The van der Waals surface area contributed by atoms with Crippen molar-refractivity contribution in [2.75, 3.05) is 13.2 Å². The van der Waals surface area contributed by atoms with Gasteiger partial charge in [-0.1, -0.05) is 6.07 Å². The minimum Gasteiger partial charge on any atom is -0.493 e. The van der Waals surface area contributed by atoms with Crippen LogP contribution in [-0.4, -0.2) is 25.2 Å². The summed E-state index contributed by atoms with van der Waals surface area (Å²) in [7, 11) is 0. The largest absolute Gasteiger partial charge is 0.493 e. The molecule has 2 rings (SSSR count). The van der Waals surface area contributed by atoms with Crippen molar-refractivity contribution in [2.45, 2.75) is 40.2 Å². The van der Waals surface area contributed by atoms with Crippen molar-refractivity contribution in [2.24, 2.45) is 5.73 Å². The number of benzene rings is 1. The molecule has 1 aliphatic rings. The summed E-state index contributed by atoms with van der Waals surface area (Å²) in [5.41, 5.74) is 7.40. The van der Waals surface area contributed by atoms with Crippen LogP contribution in [0.4, 0.5) is 0 Å². The van der Waals surface area contributed by atoms with Gasteiger partial charge >= 0.3 is 11.9 Å². The molecule has 0 amide bonds. The molecule has 0 saturated carbocycles. The number of esters is 2. The summed E-state index contributed by atoms with van der Waals surface area (Å²) in [5, 5.41) is 9.66. The summed E-state index contributed by atoms with van der Waals surface area (Å²) < 4.78 is 21.3. The molecule has 0 aliphatic carbocycles. The third-order valence-electron chi connectivity index (χ3n) is 4.25. The van der Waals surface area contributed by atoms with Gasteiger partial charge in [-0.3, -0.25) is 4.79 Å². The SMILES string of the molecule is CCOC(=O)C1=C(C)OC(N)=C(C#N)C1c1ccc(OCC)c(COC(C)=O)c1. The number of nitrogens with two attached hydrogens (primary N) is 1. The molecule has 0 bridgehead atoms. The second kappa shape index (κ2) is 9.64. The number of hydrogen-bond acceptors (Lipinski definition) is 8. The maximum Gasteiger partial charge on any atom is 0.338 e. The Kier molecular flexibility index (Phi) is 7.26. The zero-order valence-electron chi connectivity index (χ0n) is 16.9. The minimum absolute atomic E-state index is 0.0136. The average molecular weight is 400 g/mol. The van der Waals surface area contributed by atoms with Gasteiger partial charge < -0.3 is 24.7 Å². The van der Waals surface area contributed by atoms with Gasteiger partial charge in [-0.15, -0.1) is 0 Å². The smallest absolute Gasteiger partial charge is 0.338 e. The van der Waals surface area contributed by atoms with Crippen LogP contribution in [0.25, 0.3) is 0 Å². The summed E-state index contributed by atoms with van der Waals surface area (Å²) in [6, 6.07) is 7.19. The van der Waals surface area contributed by atoms with Gasteiger partial charge in [-0.05, 0) is 38.5 Å². The van der Waals surface area contributed by atoms with Crippen molar-refractivity contribution in [1.29, 1.82) is 5.26 Å². The summed E-state index contributed by atoms with van der Waals surface area (Å²) in [5.74, 6) is -1.07. The Hall–Kier alpha value is -3.47. The van der Waals surface area contributed by atoms with Crippen LogP contribution in [0.2, 0.25) is 0 Å². The van der Waals surface area contributed by atoms with E-state index in [1.54, 1.807) is 32.0 Å². The van der Waals surface area contributed by atoms with Gasteiger partial charge in [0.05, 0.1) is 24.7 Å². The van der Waals surface area contributed by atoms with Crippen LogP contribution in [0.5, 0.6) is 5.75 Å². The first-order valence-electron chi connectivity index (χ1n) is 9.18. The highest BCUT2D eigenvalue weighted by Crippen LogP contribution is 2.40. The number of nitriles is 1. The van der Waals surface area contributed by atoms with Gasteiger partial charge in [-0.2, -0.15) is 5.26 Å². The summed E-state index contributed by atoms with van der Waals surface area (Å²) in [4.78, 5) is 23.9. The first-order valence-corrected chi connectivity index (χ1v) is 9.18. The van der Waals surface area contributed by atoms with Crippen LogP contribution in [0, 0.1) is 11.3 Å². The Morgan fingerprint density at radius 3 is 2.55 bits per heavy atom. The molecule has 154 valence electrons. The topological polar surface area (TPSA) is 121 Å². The van der Waals surface area contributed by atoms with Crippen LogP contribution in [0.15, 0.2) is 41.0 Å². The van der Waals surface area contributed by atoms with E-state index in [0.29, 0.717) is 23.5 Å². The van der Waals surface area contributed by atoms with Gasteiger partial charge in [0.15, 0.2) is 0 Å². The summed E-state index contributed by atoms with van der Waals surface area (Å²) >= 11 is 0. The number of rotatable bonds is 7. The van der Waals surface area contributed by atoms with Crippen molar-refractivity contribution in [3.05, 3.63) is 52.1 Å². The number of carbonyl (C=O) groups is 2. The first-order chi connectivity index (χ1) is 13.8. The van der Waals surface area contributed by atoms with Gasteiger partial charge in [0.1, 0.15) is 29.8 Å². The molecule has 0 fully saturated rings. The lowest BCUT2D eigenvalue weighted by Crippen LogP contribution is -2.25. The molecule has 1 heterocycles.